The highest BCUT2D eigenvalue weighted by Crippen LogP contribution is 2.24. The van der Waals surface area contributed by atoms with Crippen LogP contribution < -0.4 is 5.32 Å². The fraction of sp³-hybridized carbons (Fsp3) is 0.538. The number of hydrogen-bond acceptors (Lipinski definition) is 4. The molecule has 0 aliphatic carbocycles. The lowest BCUT2D eigenvalue weighted by Crippen LogP contribution is -2.36. The summed E-state index contributed by atoms with van der Waals surface area (Å²) in [6.07, 6.45) is 1.16. The molecule has 6 heteroatoms. The predicted octanol–water partition coefficient (Wildman–Crippen LogP) is 1.85. The van der Waals surface area contributed by atoms with Crippen LogP contribution in [0.4, 0.5) is 0 Å². The van der Waals surface area contributed by atoms with Crippen LogP contribution >= 0.6 is 11.6 Å². The fourth-order valence-corrected chi connectivity index (χ4v) is 3.05. The van der Waals surface area contributed by atoms with Gasteiger partial charge in [-0.25, -0.2) is 8.42 Å². The second-order valence-corrected chi connectivity index (χ2v) is 7.29. The van der Waals surface area contributed by atoms with Gasteiger partial charge in [-0.05, 0) is 18.1 Å². The van der Waals surface area contributed by atoms with E-state index in [1.165, 1.54) is 0 Å². The average Bonchev–Trinajstić information content (AvgIpc) is 2.29. The van der Waals surface area contributed by atoms with Gasteiger partial charge in [0.15, 0.2) is 9.84 Å². The summed E-state index contributed by atoms with van der Waals surface area (Å²) in [5.41, 5.74) is 0.547. The number of benzene rings is 1. The van der Waals surface area contributed by atoms with Crippen LogP contribution in [0.3, 0.4) is 0 Å². The molecule has 1 rings (SSSR count). The molecule has 1 unspecified atom stereocenters. The molecular formula is C13H20ClNO3S. The van der Waals surface area contributed by atoms with Crippen molar-refractivity contribution in [1.82, 2.24) is 5.32 Å². The Bertz CT molecular complexity index is 529. The van der Waals surface area contributed by atoms with Crippen LogP contribution in [0.2, 0.25) is 5.02 Å². The Labute approximate surface area is 119 Å². The molecule has 1 aromatic rings. The van der Waals surface area contributed by atoms with E-state index in [0.717, 1.165) is 6.26 Å². The van der Waals surface area contributed by atoms with Crippen molar-refractivity contribution in [2.75, 3.05) is 12.9 Å². The lowest BCUT2D eigenvalue weighted by atomic mass is 10.1. The van der Waals surface area contributed by atoms with Crippen LogP contribution in [0.1, 0.15) is 19.4 Å². The Kier molecular flexibility index (Phi) is 5.80. The van der Waals surface area contributed by atoms with Crippen molar-refractivity contribution < 1.29 is 13.5 Å². The number of aliphatic hydroxyl groups is 1. The molecule has 0 aliphatic rings. The molecule has 19 heavy (non-hydrogen) atoms. The topological polar surface area (TPSA) is 66.4 Å². The van der Waals surface area contributed by atoms with Crippen LogP contribution in [-0.4, -0.2) is 32.4 Å². The predicted molar refractivity (Wildman–Crippen MR) is 77.1 cm³/mol. The first-order valence-corrected chi connectivity index (χ1v) is 8.36. The summed E-state index contributed by atoms with van der Waals surface area (Å²) >= 11 is 6.07. The van der Waals surface area contributed by atoms with Crippen molar-refractivity contribution in [1.29, 1.82) is 0 Å². The zero-order chi connectivity index (χ0) is 14.6. The van der Waals surface area contributed by atoms with Gasteiger partial charge in [-0.15, -0.1) is 0 Å². The third-order valence-electron chi connectivity index (χ3n) is 3.02. The van der Waals surface area contributed by atoms with Gasteiger partial charge in [0.05, 0.1) is 11.5 Å². The highest BCUT2D eigenvalue weighted by Gasteiger charge is 2.18. The minimum Gasteiger partial charge on any atom is -0.395 e. The summed E-state index contributed by atoms with van der Waals surface area (Å²) in [7, 11) is -3.32. The SMILES string of the molecule is CC(C)C(CO)NCc1c(Cl)cccc1S(C)(=O)=O. The molecule has 4 nitrogen and oxygen atoms in total. The maximum Gasteiger partial charge on any atom is 0.175 e. The summed E-state index contributed by atoms with van der Waals surface area (Å²) in [5.74, 6) is 0.245. The normalized spacial score (nSPS) is 13.8. The van der Waals surface area contributed by atoms with Gasteiger partial charge in [0.1, 0.15) is 0 Å². The minimum absolute atomic E-state index is 0.00364. The molecule has 0 heterocycles. The van der Waals surface area contributed by atoms with Gasteiger partial charge < -0.3 is 10.4 Å². The van der Waals surface area contributed by atoms with Crippen LogP contribution in [0.15, 0.2) is 23.1 Å². The molecule has 2 N–H and O–H groups in total. The number of nitrogens with one attached hydrogen (secondary N) is 1. The van der Waals surface area contributed by atoms with Gasteiger partial charge in [-0.3, -0.25) is 0 Å². The first-order chi connectivity index (χ1) is 8.77. The van der Waals surface area contributed by atoms with Gasteiger partial charge >= 0.3 is 0 Å². The van der Waals surface area contributed by atoms with Crippen LogP contribution in [0, 0.1) is 5.92 Å². The average molecular weight is 306 g/mol. The Morgan fingerprint density at radius 1 is 1.37 bits per heavy atom. The van der Waals surface area contributed by atoms with Gasteiger partial charge in [0.25, 0.3) is 0 Å². The molecule has 108 valence electrons. The molecule has 0 fully saturated rings. The van der Waals surface area contributed by atoms with Crippen molar-refractivity contribution in [3.63, 3.8) is 0 Å². The zero-order valence-electron chi connectivity index (χ0n) is 11.4. The van der Waals surface area contributed by atoms with E-state index in [2.05, 4.69) is 5.32 Å². The lowest BCUT2D eigenvalue weighted by molar-refractivity contribution is 0.210. The Morgan fingerprint density at radius 3 is 2.47 bits per heavy atom. The monoisotopic (exact) mass is 305 g/mol. The molecule has 0 bridgehead atoms. The molecule has 0 spiro atoms. The number of hydrogen-bond donors (Lipinski definition) is 2. The summed E-state index contributed by atoms with van der Waals surface area (Å²) in [5, 5.41) is 12.8. The highest BCUT2D eigenvalue weighted by atomic mass is 35.5. The van der Waals surface area contributed by atoms with E-state index >= 15 is 0 Å². The van der Waals surface area contributed by atoms with E-state index < -0.39 is 9.84 Å². The third kappa shape index (κ3) is 4.45. The molecule has 1 aromatic carbocycles. The first-order valence-electron chi connectivity index (χ1n) is 6.09. The number of halogens is 1. The summed E-state index contributed by atoms with van der Waals surface area (Å²) in [4.78, 5) is 0.230. The Morgan fingerprint density at radius 2 is 2.00 bits per heavy atom. The maximum absolute atomic E-state index is 11.7. The van der Waals surface area contributed by atoms with Crippen LogP contribution in [0.25, 0.3) is 0 Å². The van der Waals surface area contributed by atoms with E-state index in [1.54, 1.807) is 18.2 Å². The first kappa shape index (κ1) is 16.4. The van der Waals surface area contributed by atoms with Crippen molar-refractivity contribution in [3.8, 4) is 0 Å². The van der Waals surface area contributed by atoms with Crippen molar-refractivity contribution in [3.05, 3.63) is 28.8 Å². The summed E-state index contributed by atoms with van der Waals surface area (Å²) < 4.78 is 23.4. The van der Waals surface area contributed by atoms with Crippen molar-refractivity contribution in [2.45, 2.75) is 31.3 Å². The number of aliphatic hydroxyl groups excluding tert-OH is 1. The van der Waals surface area contributed by atoms with E-state index in [1.807, 2.05) is 13.8 Å². The van der Waals surface area contributed by atoms with Crippen molar-refractivity contribution in [2.24, 2.45) is 5.92 Å². The molecule has 0 saturated heterocycles. The van der Waals surface area contributed by atoms with E-state index in [9.17, 15) is 13.5 Å². The standard InChI is InChI=1S/C13H20ClNO3S/c1-9(2)12(8-16)15-7-10-11(14)5-4-6-13(10)19(3,17)18/h4-6,9,12,15-16H,7-8H2,1-3H3. The zero-order valence-corrected chi connectivity index (χ0v) is 12.9. The molecule has 0 aromatic heterocycles. The van der Waals surface area contributed by atoms with Crippen LogP contribution in [0.5, 0.6) is 0 Å². The molecule has 0 amide bonds. The summed E-state index contributed by atoms with van der Waals surface area (Å²) in [6, 6.07) is 4.73. The second kappa shape index (κ2) is 6.70. The minimum atomic E-state index is -3.32. The number of sulfone groups is 1. The molecule has 1 atom stereocenters. The largest absolute Gasteiger partial charge is 0.395 e. The van der Waals surface area contributed by atoms with Crippen molar-refractivity contribution >= 4 is 21.4 Å². The number of rotatable bonds is 6. The van der Waals surface area contributed by atoms with E-state index in [0.29, 0.717) is 17.1 Å². The highest BCUT2D eigenvalue weighted by molar-refractivity contribution is 7.90. The van der Waals surface area contributed by atoms with Gasteiger partial charge in [0, 0.05) is 29.4 Å². The maximum atomic E-state index is 11.7. The Hall–Kier alpha value is -0.620. The van der Waals surface area contributed by atoms with E-state index in [-0.39, 0.29) is 23.5 Å². The second-order valence-electron chi connectivity index (χ2n) is 4.90. The molecule has 0 radical (unpaired) electrons. The van der Waals surface area contributed by atoms with Gasteiger partial charge in [-0.2, -0.15) is 0 Å². The Balaban J connectivity index is 3.01. The third-order valence-corrected chi connectivity index (χ3v) is 4.55. The lowest BCUT2D eigenvalue weighted by Gasteiger charge is -2.21. The van der Waals surface area contributed by atoms with Crippen LogP contribution in [-0.2, 0) is 16.4 Å². The molecule has 0 saturated carbocycles. The van der Waals surface area contributed by atoms with Gasteiger partial charge in [0.2, 0.25) is 0 Å². The summed E-state index contributed by atoms with van der Waals surface area (Å²) in [6.45, 7) is 4.28. The quantitative estimate of drug-likeness (QED) is 0.842. The smallest absolute Gasteiger partial charge is 0.175 e. The molecule has 0 aliphatic heterocycles. The van der Waals surface area contributed by atoms with Gasteiger partial charge in [-0.1, -0.05) is 31.5 Å². The molecular weight excluding hydrogens is 286 g/mol. The van der Waals surface area contributed by atoms with E-state index in [4.69, 9.17) is 11.6 Å². The fourth-order valence-electron chi connectivity index (χ4n) is 1.80.